The highest BCUT2D eigenvalue weighted by molar-refractivity contribution is 7.92. The lowest BCUT2D eigenvalue weighted by Crippen LogP contribution is -2.15. The van der Waals surface area contributed by atoms with E-state index in [1.165, 1.54) is 37.4 Å². The Hall–Kier alpha value is -3.85. The summed E-state index contributed by atoms with van der Waals surface area (Å²) in [6.07, 6.45) is 0. The molecule has 0 spiro atoms. The third kappa shape index (κ3) is 4.22. The summed E-state index contributed by atoms with van der Waals surface area (Å²) in [6, 6.07) is 18.4. The molecular formula is C22H19N3O5S. The molecule has 1 heterocycles. The predicted octanol–water partition coefficient (Wildman–Crippen LogP) is 4.20. The number of carbonyl (C=O) groups excluding carboxylic acids is 1. The van der Waals surface area contributed by atoms with Gasteiger partial charge in [-0.2, -0.15) is 0 Å². The van der Waals surface area contributed by atoms with Gasteiger partial charge in [-0.15, -0.1) is 0 Å². The van der Waals surface area contributed by atoms with E-state index in [1.54, 1.807) is 13.0 Å². The number of fused-ring (bicyclic) bond motifs is 1. The van der Waals surface area contributed by atoms with Crippen LogP contribution in [0.3, 0.4) is 0 Å². The van der Waals surface area contributed by atoms with E-state index in [-0.39, 0.29) is 16.6 Å². The number of rotatable bonds is 6. The van der Waals surface area contributed by atoms with Crippen LogP contribution < -0.4 is 14.8 Å². The van der Waals surface area contributed by atoms with E-state index in [0.717, 1.165) is 10.8 Å². The highest BCUT2D eigenvalue weighted by Crippen LogP contribution is 2.30. The molecular weight excluding hydrogens is 418 g/mol. The van der Waals surface area contributed by atoms with Gasteiger partial charge in [0.15, 0.2) is 5.82 Å². The molecule has 0 aliphatic carbocycles. The van der Waals surface area contributed by atoms with Crippen LogP contribution in [0.25, 0.3) is 10.8 Å². The van der Waals surface area contributed by atoms with Gasteiger partial charge in [0, 0.05) is 17.1 Å². The van der Waals surface area contributed by atoms with Crippen LogP contribution in [0.15, 0.2) is 76.1 Å². The Morgan fingerprint density at radius 3 is 2.45 bits per heavy atom. The Balaban J connectivity index is 1.54. The van der Waals surface area contributed by atoms with Crippen LogP contribution in [0.5, 0.6) is 5.75 Å². The Kier molecular flexibility index (Phi) is 5.35. The van der Waals surface area contributed by atoms with Crippen LogP contribution in [-0.2, 0) is 10.0 Å². The molecule has 0 saturated heterocycles. The van der Waals surface area contributed by atoms with E-state index in [0.29, 0.717) is 22.8 Å². The van der Waals surface area contributed by atoms with Crippen molar-refractivity contribution >= 4 is 38.2 Å². The smallest absolute Gasteiger partial charge is 0.263 e. The highest BCUT2D eigenvalue weighted by Gasteiger charge is 2.18. The second-order valence-electron chi connectivity index (χ2n) is 6.77. The number of carbonyl (C=O) groups is 1. The summed E-state index contributed by atoms with van der Waals surface area (Å²) in [6.45, 7) is 1.66. The van der Waals surface area contributed by atoms with E-state index in [4.69, 9.17) is 9.26 Å². The Bertz CT molecular complexity index is 1360. The minimum Gasteiger partial charge on any atom is -0.495 e. The number of methoxy groups -OCH3 is 1. The normalized spacial score (nSPS) is 11.3. The second kappa shape index (κ2) is 8.11. The molecule has 0 atom stereocenters. The van der Waals surface area contributed by atoms with Gasteiger partial charge in [-0.05, 0) is 42.6 Å². The van der Waals surface area contributed by atoms with Crippen molar-refractivity contribution in [2.75, 3.05) is 17.1 Å². The molecule has 0 aliphatic rings. The molecule has 2 N–H and O–H groups in total. The predicted molar refractivity (Wildman–Crippen MR) is 117 cm³/mol. The van der Waals surface area contributed by atoms with Crippen molar-refractivity contribution in [3.8, 4) is 5.75 Å². The van der Waals surface area contributed by atoms with Gasteiger partial charge < -0.3 is 14.6 Å². The van der Waals surface area contributed by atoms with Crippen LogP contribution >= 0.6 is 0 Å². The van der Waals surface area contributed by atoms with E-state index in [1.807, 2.05) is 30.3 Å². The minimum atomic E-state index is -3.84. The molecule has 0 saturated carbocycles. The Morgan fingerprint density at radius 2 is 1.77 bits per heavy atom. The summed E-state index contributed by atoms with van der Waals surface area (Å²) in [7, 11) is -2.32. The van der Waals surface area contributed by atoms with Crippen molar-refractivity contribution < 1.29 is 22.5 Å². The number of hydrogen-bond donors (Lipinski definition) is 2. The quantitative estimate of drug-likeness (QED) is 0.468. The van der Waals surface area contributed by atoms with Gasteiger partial charge in [0.05, 0.1) is 17.6 Å². The number of amides is 1. The monoisotopic (exact) mass is 437 g/mol. The first-order valence-corrected chi connectivity index (χ1v) is 10.8. The molecule has 31 heavy (non-hydrogen) atoms. The molecule has 8 nitrogen and oxygen atoms in total. The Morgan fingerprint density at radius 1 is 1.03 bits per heavy atom. The van der Waals surface area contributed by atoms with Crippen molar-refractivity contribution in [2.24, 2.45) is 0 Å². The molecule has 1 amide bonds. The third-order valence-electron chi connectivity index (χ3n) is 4.62. The van der Waals surface area contributed by atoms with E-state index < -0.39 is 10.0 Å². The SMILES string of the molecule is COc1c(C(=O)Nc2ccc(S(=O)(=O)Nc3cc(C)on3)cc2)ccc2ccccc12. The maximum absolute atomic E-state index is 12.8. The van der Waals surface area contributed by atoms with Gasteiger partial charge in [-0.3, -0.25) is 9.52 Å². The Labute approximate surface area is 178 Å². The topological polar surface area (TPSA) is 111 Å². The third-order valence-corrected chi connectivity index (χ3v) is 5.99. The van der Waals surface area contributed by atoms with Gasteiger partial charge >= 0.3 is 0 Å². The van der Waals surface area contributed by atoms with Crippen molar-refractivity contribution in [1.82, 2.24) is 5.16 Å². The summed E-state index contributed by atoms with van der Waals surface area (Å²) in [4.78, 5) is 12.8. The molecule has 0 unspecified atom stereocenters. The fourth-order valence-electron chi connectivity index (χ4n) is 3.17. The number of hydrogen-bond acceptors (Lipinski definition) is 6. The zero-order chi connectivity index (χ0) is 22.0. The van der Waals surface area contributed by atoms with Crippen molar-refractivity contribution in [3.05, 3.63) is 78.1 Å². The van der Waals surface area contributed by atoms with Gasteiger partial charge in [0.2, 0.25) is 0 Å². The molecule has 158 valence electrons. The molecule has 4 aromatic rings. The van der Waals surface area contributed by atoms with Crippen LogP contribution in [0.4, 0.5) is 11.5 Å². The van der Waals surface area contributed by atoms with Crippen LogP contribution in [0.2, 0.25) is 0 Å². The van der Waals surface area contributed by atoms with Gasteiger partial charge in [0.1, 0.15) is 11.5 Å². The van der Waals surface area contributed by atoms with Crippen LogP contribution in [-0.4, -0.2) is 26.6 Å². The number of aromatic nitrogens is 1. The lowest BCUT2D eigenvalue weighted by atomic mass is 10.0. The second-order valence-corrected chi connectivity index (χ2v) is 8.46. The number of ether oxygens (including phenoxy) is 1. The van der Waals surface area contributed by atoms with Gasteiger partial charge in [-0.25, -0.2) is 8.42 Å². The van der Waals surface area contributed by atoms with Crippen molar-refractivity contribution in [3.63, 3.8) is 0 Å². The lowest BCUT2D eigenvalue weighted by molar-refractivity contribution is 0.102. The highest BCUT2D eigenvalue weighted by atomic mass is 32.2. The largest absolute Gasteiger partial charge is 0.495 e. The molecule has 1 aromatic heterocycles. The molecule has 0 radical (unpaired) electrons. The summed E-state index contributed by atoms with van der Waals surface area (Å²) >= 11 is 0. The summed E-state index contributed by atoms with van der Waals surface area (Å²) in [5.41, 5.74) is 0.817. The van der Waals surface area contributed by atoms with E-state index in [2.05, 4.69) is 15.2 Å². The van der Waals surface area contributed by atoms with Crippen LogP contribution in [0, 0.1) is 6.92 Å². The fourth-order valence-corrected chi connectivity index (χ4v) is 4.15. The zero-order valence-corrected chi connectivity index (χ0v) is 17.6. The number of benzene rings is 3. The number of nitrogens with zero attached hydrogens (tertiary/aromatic N) is 1. The molecule has 4 rings (SSSR count). The fraction of sp³-hybridized carbons (Fsp3) is 0.0909. The number of sulfonamides is 1. The van der Waals surface area contributed by atoms with Gasteiger partial charge in [0.25, 0.3) is 15.9 Å². The average Bonchev–Trinajstić information content (AvgIpc) is 3.16. The van der Waals surface area contributed by atoms with Crippen LogP contribution in [0.1, 0.15) is 16.1 Å². The molecule has 3 aromatic carbocycles. The summed E-state index contributed by atoms with van der Waals surface area (Å²) in [5.74, 6) is 0.689. The summed E-state index contributed by atoms with van der Waals surface area (Å²) < 4.78 is 37.6. The summed E-state index contributed by atoms with van der Waals surface area (Å²) in [5, 5.41) is 8.17. The van der Waals surface area contributed by atoms with Crippen molar-refractivity contribution in [1.29, 1.82) is 0 Å². The standard InChI is InChI=1S/C22H19N3O5S/c1-14-13-20(24-30-14)25-31(27,28)17-10-8-16(9-11-17)23-22(26)19-12-7-15-5-3-4-6-18(15)21(19)29-2/h3-13H,1-2H3,(H,23,26)(H,24,25). The maximum Gasteiger partial charge on any atom is 0.263 e. The maximum atomic E-state index is 12.8. The number of nitrogens with one attached hydrogen (secondary N) is 2. The molecule has 9 heteroatoms. The minimum absolute atomic E-state index is 0.0226. The number of anilines is 2. The number of aryl methyl sites for hydroxylation is 1. The van der Waals surface area contributed by atoms with E-state index >= 15 is 0 Å². The molecule has 0 fully saturated rings. The van der Waals surface area contributed by atoms with E-state index in [9.17, 15) is 13.2 Å². The first kappa shape index (κ1) is 20.4. The first-order chi connectivity index (χ1) is 14.9. The van der Waals surface area contributed by atoms with Crippen molar-refractivity contribution in [2.45, 2.75) is 11.8 Å². The first-order valence-electron chi connectivity index (χ1n) is 9.31. The molecule has 0 aliphatic heterocycles. The van der Waals surface area contributed by atoms with Gasteiger partial charge in [-0.1, -0.05) is 35.5 Å². The molecule has 0 bridgehead atoms. The lowest BCUT2D eigenvalue weighted by Gasteiger charge is -2.12. The average molecular weight is 437 g/mol. The zero-order valence-electron chi connectivity index (χ0n) is 16.7.